The summed E-state index contributed by atoms with van der Waals surface area (Å²) in [4.78, 5) is 9.44. The maximum Gasteiger partial charge on any atom is 0.224 e. The molecule has 0 N–H and O–H groups in total. The van der Waals surface area contributed by atoms with Crippen LogP contribution in [0.1, 0.15) is 57.7 Å². The van der Waals surface area contributed by atoms with Crippen molar-refractivity contribution in [3.8, 4) is 29.0 Å². The van der Waals surface area contributed by atoms with Crippen molar-refractivity contribution in [1.29, 1.82) is 5.26 Å². The fraction of sp³-hybridized carbons (Fsp3) is 0.400. The zero-order valence-corrected chi connectivity index (χ0v) is 18.7. The molecule has 6 nitrogen and oxygen atoms in total. The maximum atomic E-state index is 9.38. The van der Waals surface area contributed by atoms with Gasteiger partial charge in [0.2, 0.25) is 5.88 Å². The molecule has 0 bridgehead atoms. The monoisotopic (exact) mass is 416 g/mol. The summed E-state index contributed by atoms with van der Waals surface area (Å²) in [5.41, 5.74) is 2.83. The van der Waals surface area contributed by atoms with Gasteiger partial charge in [-0.1, -0.05) is 6.07 Å². The molecule has 3 aromatic rings. The lowest BCUT2D eigenvalue weighted by molar-refractivity contribution is -0.162. The van der Waals surface area contributed by atoms with Crippen LogP contribution >= 0.6 is 0 Å². The fourth-order valence-electron chi connectivity index (χ4n) is 4.73. The van der Waals surface area contributed by atoms with Gasteiger partial charge < -0.3 is 9.47 Å². The number of imidazole rings is 1. The normalized spacial score (nSPS) is 17.8. The van der Waals surface area contributed by atoms with E-state index in [0.29, 0.717) is 11.4 Å². The van der Waals surface area contributed by atoms with E-state index in [1.165, 1.54) is 0 Å². The Labute approximate surface area is 183 Å². The predicted molar refractivity (Wildman–Crippen MR) is 119 cm³/mol. The first kappa shape index (κ1) is 21.1. The van der Waals surface area contributed by atoms with Gasteiger partial charge in [-0.15, -0.1) is 0 Å². The van der Waals surface area contributed by atoms with Crippen LogP contribution in [0.5, 0.6) is 5.88 Å². The number of rotatable bonds is 4. The summed E-state index contributed by atoms with van der Waals surface area (Å²) in [6.07, 6.45) is 5.56. The minimum absolute atomic E-state index is 0.233. The Balaban J connectivity index is 1.88. The lowest BCUT2D eigenvalue weighted by Crippen LogP contribution is -2.44. The minimum atomic E-state index is -0.233. The Kier molecular flexibility index (Phi) is 5.32. The number of ether oxygens (including phenoxy) is 2. The van der Waals surface area contributed by atoms with Gasteiger partial charge in [-0.05, 0) is 70.9 Å². The van der Waals surface area contributed by atoms with Crippen LogP contribution < -0.4 is 4.74 Å². The van der Waals surface area contributed by atoms with Crippen LogP contribution in [0, 0.1) is 11.3 Å². The number of benzene rings is 1. The summed E-state index contributed by atoms with van der Waals surface area (Å²) < 4.78 is 13.8. The van der Waals surface area contributed by atoms with Crippen molar-refractivity contribution in [2.24, 2.45) is 0 Å². The highest BCUT2D eigenvalue weighted by Crippen LogP contribution is 2.44. The Bertz CT molecular complexity index is 1120. The Morgan fingerprint density at radius 1 is 1.13 bits per heavy atom. The van der Waals surface area contributed by atoms with Gasteiger partial charge >= 0.3 is 0 Å². The molecule has 0 saturated carbocycles. The summed E-state index contributed by atoms with van der Waals surface area (Å²) in [6, 6.07) is 13.6. The van der Waals surface area contributed by atoms with E-state index in [0.717, 1.165) is 35.6 Å². The topological polar surface area (TPSA) is 73.0 Å². The highest BCUT2D eigenvalue weighted by Gasteiger charge is 2.41. The number of hydrogen-bond acceptors (Lipinski definition) is 5. The fourth-order valence-corrected chi connectivity index (χ4v) is 4.73. The maximum absolute atomic E-state index is 9.38. The number of nitriles is 1. The van der Waals surface area contributed by atoms with E-state index in [9.17, 15) is 5.26 Å². The SMILES string of the molecule is COc1ncccc1-c1nc(C2CC(C)(C)OC(C)(C)C2)cn1-c1cccc(C#N)c1. The van der Waals surface area contributed by atoms with Crippen molar-refractivity contribution < 1.29 is 9.47 Å². The third kappa shape index (κ3) is 4.33. The van der Waals surface area contributed by atoms with Crippen molar-refractivity contribution >= 4 is 0 Å². The number of hydrogen-bond donors (Lipinski definition) is 0. The van der Waals surface area contributed by atoms with E-state index in [4.69, 9.17) is 14.5 Å². The van der Waals surface area contributed by atoms with Gasteiger partial charge in [0.25, 0.3) is 0 Å². The van der Waals surface area contributed by atoms with Crippen LogP contribution in [-0.4, -0.2) is 32.8 Å². The highest BCUT2D eigenvalue weighted by molar-refractivity contribution is 5.65. The average Bonchev–Trinajstić information content (AvgIpc) is 3.17. The summed E-state index contributed by atoms with van der Waals surface area (Å²) in [7, 11) is 1.61. The van der Waals surface area contributed by atoms with Gasteiger partial charge in [-0.25, -0.2) is 9.97 Å². The first-order valence-electron chi connectivity index (χ1n) is 10.5. The number of pyridine rings is 1. The molecular weight excluding hydrogens is 388 g/mol. The summed E-state index contributed by atoms with van der Waals surface area (Å²) in [5, 5.41) is 9.38. The third-order valence-corrected chi connectivity index (χ3v) is 5.63. The summed E-state index contributed by atoms with van der Waals surface area (Å²) in [6.45, 7) is 8.55. The second-order valence-electron chi connectivity index (χ2n) is 9.31. The van der Waals surface area contributed by atoms with Crippen LogP contribution in [0.2, 0.25) is 0 Å². The number of aromatic nitrogens is 3. The summed E-state index contributed by atoms with van der Waals surface area (Å²) in [5.74, 6) is 1.52. The minimum Gasteiger partial charge on any atom is -0.480 e. The van der Waals surface area contributed by atoms with Gasteiger partial charge in [0.05, 0.1) is 41.2 Å². The molecule has 31 heavy (non-hydrogen) atoms. The van der Waals surface area contributed by atoms with Gasteiger partial charge in [-0.3, -0.25) is 4.57 Å². The van der Waals surface area contributed by atoms with E-state index in [2.05, 4.69) is 44.9 Å². The second kappa shape index (κ2) is 7.82. The molecule has 0 radical (unpaired) electrons. The van der Waals surface area contributed by atoms with Crippen molar-refractivity contribution in [1.82, 2.24) is 14.5 Å². The second-order valence-corrected chi connectivity index (χ2v) is 9.31. The lowest BCUT2D eigenvalue weighted by Gasteiger charge is -2.45. The largest absolute Gasteiger partial charge is 0.480 e. The molecule has 3 heterocycles. The molecule has 1 aliphatic heterocycles. The smallest absolute Gasteiger partial charge is 0.224 e. The first-order chi connectivity index (χ1) is 14.7. The van der Waals surface area contributed by atoms with Crippen molar-refractivity contribution in [2.45, 2.75) is 57.7 Å². The van der Waals surface area contributed by atoms with E-state index in [-0.39, 0.29) is 17.1 Å². The Morgan fingerprint density at radius 2 is 1.87 bits per heavy atom. The molecule has 1 aromatic carbocycles. The molecule has 0 spiro atoms. The van der Waals surface area contributed by atoms with E-state index in [1.54, 1.807) is 19.4 Å². The standard InChI is InChI=1S/C25H28N4O2/c1-24(2)13-18(14-25(3,4)31-24)21-16-29(19-9-6-8-17(12-19)15-26)22(28-21)20-10-7-11-27-23(20)30-5/h6-12,16,18H,13-14H2,1-5H3. The molecule has 1 fully saturated rings. The zero-order valence-electron chi connectivity index (χ0n) is 18.7. The van der Waals surface area contributed by atoms with Crippen molar-refractivity contribution in [3.05, 3.63) is 60.0 Å². The first-order valence-corrected chi connectivity index (χ1v) is 10.5. The predicted octanol–water partition coefficient (Wildman–Crippen LogP) is 5.27. The lowest BCUT2D eigenvalue weighted by atomic mass is 9.79. The summed E-state index contributed by atoms with van der Waals surface area (Å²) >= 11 is 0. The molecular formula is C25H28N4O2. The van der Waals surface area contributed by atoms with E-state index < -0.39 is 0 Å². The van der Waals surface area contributed by atoms with Crippen LogP contribution in [0.15, 0.2) is 48.8 Å². The quantitative estimate of drug-likeness (QED) is 0.580. The molecule has 160 valence electrons. The Hall–Kier alpha value is -3.17. The van der Waals surface area contributed by atoms with Gasteiger partial charge in [0.15, 0.2) is 0 Å². The number of methoxy groups -OCH3 is 1. The molecule has 0 amide bonds. The van der Waals surface area contributed by atoms with E-state index in [1.807, 2.05) is 34.9 Å². The Morgan fingerprint density at radius 3 is 2.55 bits per heavy atom. The molecule has 1 saturated heterocycles. The molecule has 1 aliphatic rings. The van der Waals surface area contributed by atoms with Crippen molar-refractivity contribution in [2.75, 3.05) is 7.11 Å². The van der Waals surface area contributed by atoms with Crippen LogP contribution in [0.3, 0.4) is 0 Å². The third-order valence-electron chi connectivity index (χ3n) is 5.63. The zero-order chi connectivity index (χ0) is 22.2. The molecule has 0 atom stereocenters. The molecule has 0 aliphatic carbocycles. The molecule has 2 aromatic heterocycles. The van der Waals surface area contributed by atoms with Crippen LogP contribution in [-0.2, 0) is 4.74 Å². The van der Waals surface area contributed by atoms with Crippen LogP contribution in [0.25, 0.3) is 17.1 Å². The number of nitrogens with zero attached hydrogens (tertiary/aromatic N) is 4. The highest BCUT2D eigenvalue weighted by atomic mass is 16.5. The van der Waals surface area contributed by atoms with Gasteiger partial charge in [-0.2, -0.15) is 5.26 Å². The van der Waals surface area contributed by atoms with Gasteiger partial charge in [0.1, 0.15) is 5.82 Å². The van der Waals surface area contributed by atoms with E-state index >= 15 is 0 Å². The molecule has 4 rings (SSSR count). The molecule has 0 unspecified atom stereocenters. The average molecular weight is 417 g/mol. The van der Waals surface area contributed by atoms with Gasteiger partial charge in [0, 0.05) is 24.0 Å². The van der Waals surface area contributed by atoms with Crippen molar-refractivity contribution in [3.63, 3.8) is 0 Å². The molecule has 6 heteroatoms. The van der Waals surface area contributed by atoms with Crippen LogP contribution in [0.4, 0.5) is 0 Å².